The van der Waals surface area contributed by atoms with Gasteiger partial charge in [-0.25, -0.2) is 5.32 Å². The van der Waals surface area contributed by atoms with Crippen molar-refractivity contribution in [3.8, 4) is 0 Å². The van der Waals surface area contributed by atoms with E-state index in [1.165, 1.54) is 12.8 Å². The van der Waals surface area contributed by atoms with Crippen LogP contribution in [-0.2, 0) is 4.79 Å². The minimum absolute atomic E-state index is 0.276. The molecule has 0 saturated carbocycles. The van der Waals surface area contributed by atoms with Gasteiger partial charge < -0.3 is 4.90 Å². The van der Waals surface area contributed by atoms with Crippen molar-refractivity contribution in [2.24, 2.45) is 5.92 Å². The summed E-state index contributed by atoms with van der Waals surface area (Å²) in [6, 6.07) is 0. The number of hydrogen-bond acceptors (Lipinski definition) is 1. The standard InChI is InChI=1S/C11H21N2O/c1-3-13(2)11(14)7-6-10-5-4-8-12-9-10/h10H,3-9H2,1-2H3. The lowest BCUT2D eigenvalue weighted by Crippen LogP contribution is -2.29. The van der Waals surface area contributed by atoms with Gasteiger partial charge in [-0.3, -0.25) is 4.79 Å². The van der Waals surface area contributed by atoms with Crippen LogP contribution < -0.4 is 5.32 Å². The number of piperidine rings is 1. The second-order valence-electron chi connectivity index (χ2n) is 4.08. The maximum atomic E-state index is 11.5. The van der Waals surface area contributed by atoms with E-state index in [4.69, 9.17) is 0 Å². The predicted molar refractivity (Wildman–Crippen MR) is 57.1 cm³/mol. The van der Waals surface area contributed by atoms with Crippen LogP contribution in [0.15, 0.2) is 0 Å². The Morgan fingerprint density at radius 1 is 1.57 bits per heavy atom. The summed E-state index contributed by atoms with van der Waals surface area (Å²) in [6.45, 7) is 4.82. The SMILES string of the molecule is CCN(C)C(=O)CCC1CCC[N]C1. The monoisotopic (exact) mass is 197 g/mol. The van der Waals surface area contributed by atoms with Crippen molar-refractivity contribution < 1.29 is 4.79 Å². The number of nitrogens with zero attached hydrogens (tertiary/aromatic N) is 2. The molecule has 3 heteroatoms. The van der Waals surface area contributed by atoms with Crippen molar-refractivity contribution in [2.75, 3.05) is 26.7 Å². The van der Waals surface area contributed by atoms with Gasteiger partial charge in [0.15, 0.2) is 0 Å². The fourth-order valence-corrected chi connectivity index (χ4v) is 1.79. The lowest BCUT2D eigenvalue weighted by atomic mass is 9.94. The Labute approximate surface area is 86.9 Å². The van der Waals surface area contributed by atoms with Gasteiger partial charge in [0.05, 0.1) is 0 Å². The normalized spacial score (nSPS) is 22.0. The van der Waals surface area contributed by atoms with Crippen molar-refractivity contribution >= 4 is 5.91 Å². The average Bonchev–Trinajstić information content (AvgIpc) is 2.26. The van der Waals surface area contributed by atoms with Crippen molar-refractivity contribution in [2.45, 2.75) is 32.6 Å². The molecule has 14 heavy (non-hydrogen) atoms. The molecule has 0 aromatic rings. The highest BCUT2D eigenvalue weighted by atomic mass is 16.2. The van der Waals surface area contributed by atoms with Crippen LogP contribution in [0.3, 0.4) is 0 Å². The first-order chi connectivity index (χ1) is 6.74. The minimum atomic E-state index is 0.276. The quantitative estimate of drug-likeness (QED) is 0.668. The first-order valence-electron chi connectivity index (χ1n) is 5.61. The first-order valence-corrected chi connectivity index (χ1v) is 5.61. The molecule has 1 rings (SSSR count). The maximum absolute atomic E-state index is 11.5. The van der Waals surface area contributed by atoms with Crippen molar-refractivity contribution in [3.63, 3.8) is 0 Å². The van der Waals surface area contributed by atoms with Crippen LogP contribution >= 0.6 is 0 Å². The molecular formula is C11H21N2O. The van der Waals surface area contributed by atoms with Gasteiger partial charge in [0, 0.05) is 33.1 Å². The molecule has 81 valence electrons. The minimum Gasteiger partial charge on any atom is -0.346 e. The van der Waals surface area contributed by atoms with Crippen LogP contribution in [0.25, 0.3) is 0 Å². The third-order valence-electron chi connectivity index (χ3n) is 2.98. The second kappa shape index (κ2) is 6.02. The van der Waals surface area contributed by atoms with E-state index in [0.717, 1.165) is 26.1 Å². The van der Waals surface area contributed by atoms with E-state index in [1.807, 2.05) is 14.0 Å². The molecular weight excluding hydrogens is 176 g/mol. The molecule has 1 aliphatic rings. The smallest absolute Gasteiger partial charge is 0.222 e. The topological polar surface area (TPSA) is 34.4 Å². The molecule has 1 saturated heterocycles. The van der Waals surface area contributed by atoms with Gasteiger partial charge in [-0.2, -0.15) is 0 Å². The van der Waals surface area contributed by atoms with E-state index in [2.05, 4.69) is 5.32 Å². The van der Waals surface area contributed by atoms with Gasteiger partial charge in [0.2, 0.25) is 5.91 Å². The van der Waals surface area contributed by atoms with Gasteiger partial charge >= 0.3 is 0 Å². The van der Waals surface area contributed by atoms with Gasteiger partial charge in [-0.05, 0) is 32.1 Å². The van der Waals surface area contributed by atoms with E-state index >= 15 is 0 Å². The zero-order valence-electron chi connectivity index (χ0n) is 9.33. The van der Waals surface area contributed by atoms with Crippen LogP contribution in [0, 0.1) is 5.92 Å². The third kappa shape index (κ3) is 3.66. The van der Waals surface area contributed by atoms with Crippen molar-refractivity contribution in [1.82, 2.24) is 10.2 Å². The fraction of sp³-hybridized carbons (Fsp3) is 0.909. The highest BCUT2D eigenvalue weighted by molar-refractivity contribution is 5.75. The lowest BCUT2D eigenvalue weighted by Gasteiger charge is -2.22. The largest absolute Gasteiger partial charge is 0.346 e. The average molecular weight is 197 g/mol. The summed E-state index contributed by atoms with van der Waals surface area (Å²) in [5.41, 5.74) is 0. The van der Waals surface area contributed by atoms with Crippen LogP contribution in [0.1, 0.15) is 32.6 Å². The molecule has 0 aliphatic carbocycles. The Morgan fingerprint density at radius 3 is 2.93 bits per heavy atom. The van der Waals surface area contributed by atoms with E-state index < -0.39 is 0 Å². The maximum Gasteiger partial charge on any atom is 0.222 e. The molecule has 1 radical (unpaired) electrons. The Bertz CT molecular complexity index is 176. The van der Waals surface area contributed by atoms with Crippen molar-refractivity contribution in [3.05, 3.63) is 0 Å². The molecule has 0 N–H and O–H groups in total. The lowest BCUT2D eigenvalue weighted by molar-refractivity contribution is -0.130. The van der Waals surface area contributed by atoms with E-state index in [0.29, 0.717) is 12.3 Å². The molecule has 0 bridgehead atoms. The molecule has 1 atom stereocenters. The van der Waals surface area contributed by atoms with Gasteiger partial charge in [0.25, 0.3) is 0 Å². The van der Waals surface area contributed by atoms with Crippen LogP contribution in [0.4, 0.5) is 0 Å². The highest BCUT2D eigenvalue weighted by Crippen LogP contribution is 2.16. The summed E-state index contributed by atoms with van der Waals surface area (Å²) in [5, 5.41) is 4.38. The van der Waals surface area contributed by atoms with Crippen LogP contribution in [0.5, 0.6) is 0 Å². The summed E-state index contributed by atoms with van der Waals surface area (Å²) < 4.78 is 0. The number of amides is 1. The van der Waals surface area contributed by atoms with Crippen LogP contribution in [-0.4, -0.2) is 37.5 Å². The number of carbonyl (C=O) groups is 1. The van der Waals surface area contributed by atoms with Crippen molar-refractivity contribution in [1.29, 1.82) is 0 Å². The zero-order chi connectivity index (χ0) is 10.4. The molecule has 0 spiro atoms. The van der Waals surface area contributed by atoms with Gasteiger partial charge in [-0.1, -0.05) is 0 Å². The molecule has 0 aromatic carbocycles. The molecule has 1 amide bonds. The molecule has 1 unspecified atom stereocenters. The van der Waals surface area contributed by atoms with E-state index in [1.54, 1.807) is 4.90 Å². The third-order valence-corrected chi connectivity index (χ3v) is 2.98. The molecule has 0 aromatic heterocycles. The Kier molecular flexibility index (Phi) is 4.94. The number of carbonyl (C=O) groups excluding carboxylic acids is 1. The first kappa shape index (κ1) is 11.5. The zero-order valence-corrected chi connectivity index (χ0v) is 9.33. The van der Waals surface area contributed by atoms with E-state index in [9.17, 15) is 4.79 Å². The predicted octanol–water partition coefficient (Wildman–Crippen LogP) is 1.26. The summed E-state index contributed by atoms with van der Waals surface area (Å²) in [6.07, 6.45) is 4.19. The molecule has 3 nitrogen and oxygen atoms in total. The summed E-state index contributed by atoms with van der Waals surface area (Å²) in [4.78, 5) is 13.3. The summed E-state index contributed by atoms with van der Waals surface area (Å²) in [5.74, 6) is 0.941. The Morgan fingerprint density at radius 2 is 2.36 bits per heavy atom. The second-order valence-corrected chi connectivity index (χ2v) is 4.08. The molecule has 1 fully saturated rings. The molecule has 1 aliphatic heterocycles. The number of rotatable bonds is 4. The fourth-order valence-electron chi connectivity index (χ4n) is 1.79. The summed E-state index contributed by atoms with van der Waals surface area (Å²) >= 11 is 0. The Balaban J connectivity index is 2.15. The van der Waals surface area contributed by atoms with E-state index in [-0.39, 0.29) is 5.91 Å². The van der Waals surface area contributed by atoms with Gasteiger partial charge in [0.1, 0.15) is 0 Å². The number of hydrogen-bond donors (Lipinski definition) is 0. The highest BCUT2D eigenvalue weighted by Gasteiger charge is 2.16. The van der Waals surface area contributed by atoms with Gasteiger partial charge in [-0.15, -0.1) is 0 Å². The molecule has 1 heterocycles. The Hall–Kier alpha value is -0.570. The van der Waals surface area contributed by atoms with Crippen LogP contribution in [0.2, 0.25) is 0 Å². The summed E-state index contributed by atoms with van der Waals surface area (Å²) in [7, 11) is 1.87.